The van der Waals surface area contributed by atoms with Gasteiger partial charge in [0.05, 0.1) is 30.1 Å². The number of hydrogen-bond donors (Lipinski definition) is 2. The number of carbonyl (C=O) groups is 2. The Morgan fingerprint density at radius 2 is 2.00 bits per heavy atom. The topological polar surface area (TPSA) is 109 Å². The van der Waals surface area contributed by atoms with Gasteiger partial charge in [-0.25, -0.2) is 9.78 Å². The molecule has 7 nitrogen and oxygen atoms in total. The minimum Gasteiger partial charge on any atom is -0.455 e. The Morgan fingerprint density at radius 3 is 2.66 bits per heavy atom. The van der Waals surface area contributed by atoms with Gasteiger partial charge in [0.15, 0.2) is 0 Å². The van der Waals surface area contributed by atoms with E-state index in [2.05, 4.69) is 11.9 Å². The van der Waals surface area contributed by atoms with E-state index in [1.807, 2.05) is 25.3 Å². The zero-order valence-corrected chi connectivity index (χ0v) is 22.4. The van der Waals surface area contributed by atoms with Crippen molar-refractivity contribution in [3.63, 3.8) is 0 Å². The minimum absolute atomic E-state index is 0.0211. The standard InChI is InChI=1S/C27H39NO6S/c1-16-8-7-10-27(6)21(34-27)13-20(17(2)12-19-15-35-22(14-29)28-19)33-23(30)9-11-26(4,5)25(32)18(3)24(16)31/h9,11-12,15-16,18,20-21,24,29,31H,7-8,10,13-14H2,1-6H3/b11-9+,17-12?/t16-,18+,20-,21-,24-,27+/m0/s1. The van der Waals surface area contributed by atoms with Crippen LogP contribution in [0.15, 0.2) is 23.1 Å². The normalized spacial score (nSPS) is 35.8. The molecule has 0 aliphatic carbocycles. The van der Waals surface area contributed by atoms with Crippen LogP contribution in [0.1, 0.15) is 77.9 Å². The fourth-order valence-electron chi connectivity index (χ4n) is 4.84. The summed E-state index contributed by atoms with van der Waals surface area (Å²) in [7, 11) is 0. The van der Waals surface area contributed by atoms with Crippen molar-refractivity contribution in [2.75, 3.05) is 0 Å². The second-order valence-electron chi connectivity index (χ2n) is 10.9. The van der Waals surface area contributed by atoms with Crippen LogP contribution in [-0.4, -0.2) is 50.9 Å². The number of fused-ring (bicyclic) bond motifs is 1. The van der Waals surface area contributed by atoms with E-state index in [-0.39, 0.29) is 30.0 Å². The van der Waals surface area contributed by atoms with Gasteiger partial charge in [0.1, 0.15) is 16.9 Å². The molecule has 1 aromatic rings. The third kappa shape index (κ3) is 6.88. The molecule has 3 rings (SSSR count). The molecule has 0 aromatic carbocycles. The van der Waals surface area contributed by atoms with Crippen molar-refractivity contribution >= 4 is 29.2 Å². The Bertz CT molecular complexity index is 982. The number of rotatable bonds is 3. The zero-order chi connectivity index (χ0) is 26.0. The molecule has 194 valence electrons. The first-order valence-corrected chi connectivity index (χ1v) is 13.3. The highest BCUT2D eigenvalue weighted by molar-refractivity contribution is 7.09. The Kier molecular flexibility index (Phi) is 8.73. The third-order valence-corrected chi connectivity index (χ3v) is 8.27. The van der Waals surface area contributed by atoms with Crippen LogP contribution < -0.4 is 0 Å². The number of cyclic esters (lactones) is 1. The van der Waals surface area contributed by atoms with Crippen LogP contribution in [0.4, 0.5) is 0 Å². The Hall–Kier alpha value is -1.87. The molecule has 0 radical (unpaired) electrons. The summed E-state index contributed by atoms with van der Waals surface area (Å²) in [5, 5.41) is 22.6. The minimum atomic E-state index is -0.921. The molecular formula is C27H39NO6S. The number of hydrogen-bond acceptors (Lipinski definition) is 8. The van der Waals surface area contributed by atoms with E-state index in [0.717, 1.165) is 24.8 Å². The quantitative estimate of drug-likeness (QED) is 0.461. The highest BCUT2D eigenvalue weighted by Crippen LogP contribution is 2.45. The molecule has 0 spiro atoms. The van der Waals surface area contributed by atoms with E-state index < -0.39 is 29.5 Å². The third-order valence-electron chi connectivity index (χ3n) is 7.42. The molecule has 1 aromatic heterocycles. The first-order valence-electron chi connectivity index (χ1n) is 12.4. The number of esters is 1. The molecule has 0 unspecified atom stereocenters. The van der Waals surface area contributed by atoms with E-state index in [1.54, 1.807) is 26.8 Å². The highest BCUT2D eigenvalue weighted by atomic mass is 32.1. The average molecular weight is 506 g/mol. The molecule has 1 fully saturated rings. The summed E-state index contributed by atoms with van der Waals surface area (Å²) in [4.78, 5) is 30.3. The molecule has 2 aliphatic rings. The van der Waals surface area contributed by atoms with Crippen LogP contribution >= 0.6 is 11.3 Å². The SMILES string of the molecule is CC(=Cc1csc(CO)n1)[C@@H]1C[C@@H]2O[C@]2(C)CCC[C@H](C)[C@H](O)[C@@H](C)C(=O)C(C)(C)/C=C/C(=O)O1. The summed E-state index contributed by atoms with van der Waals surface area (Å²) < 4.78 is 11.9. The van der Waals surface area contributed by atoms with Crippen molar-refractivity contribution in [2.24, 2.45) is 17.3 Å². The Morgan fingerprint density at radius 1 is 1.29 bits per heavy atom. The number of allylic oxidation sites excluding steroid dienone is 1. The van der Waals surface area contributed by atoms with E-state index in [1.165, 1.54) is 17.4 Å². The second-order valence-corrected chi connectivity index (χ2v) is 11.8. The Balaban J connectivity index is 1.86. The maximum atomic E-state index is 13.1. The van der Waals surface area contributed by atoms with Gasteiger partial charge in [-0.2, -0.15) is 0 Å². The predicted octanol–water partition coefficient (Wildman–Crippen LogP) is 4.47. The monoisotopic (exact) mass is 505 g/mol. The summed E-state index contributed by atoms with van der Waals surface area (Å²) >= 11 is 1.37. The summed E-state index contributed by atoms with van der Waals surface area (Å²) in [6.07, 6.45) is 6.48. The van der Waals surface area contributed by atoms with E-state index in [9.17, 15) is 19.8 Å². The molecule has 2 aliphatic heterocycles. The number of thiazole rings is 1. The Labute approximate surface area is 212 Å². The van der Waals surface area contributed by atoms with Crippen molar-refractivity contribution < 1.29 is 29.3 Å². The molecule has 8 heteroatoms. The van der Waals surface area contributed by atoms with Crippen LogP contribution in [-0.2, 0) is 25.7 Å². The maximum Gasteiger partial charge on any atom is 0.331 e. The second kappa shape index (κ2) is 11.0. The summed E-state index contributed by atoms with van der Waals surface area (Å²) in [6, 6.07) is 0. The maximum absolute atomic E-state index is 13.1. The number of aromatic nitrogens is 1. The number of epoxide rings is 1. The lowest BCUT2D eigenvalue weighted by Gasteiger charge is -2.30. The van der Waals surface area contributed by atoms with Gasteiger partial charge >= 0.3 is 5.97 Å². The first kappa shape index (κ1) is 27.7. The van der Waals surface area contributed by atoms with Crippen LogP contribution in [0.2, 0.25) is 0 Å². The smallest absolute Gasteiger partial charge is 0.331 e. The van der Waals surface area contributed by atoms with Crippen LogP contribution in [0.25, 0.3) is 6.08 Å². The lowest BCUT2D eigenvalue weighted by molar-refractivity contribution is -0.141. The van der Waals surface area contributed by atoms with Crippen molar-refractivity contribution in [3.8, 4) is 0 Å². The molecule has 0 amide bonds. The van der Waals surface area contributed by atoms with Gasteiger partial charge in [-0.1, -0.05) is 26.3 Å². The first-order chi connectivity index (χ1) is 16.4. The van der Waals surface area contributed by atoms with Crippen LogP contribution in [0, 0.1) is 17.3 Å². The predicted molar refractivity (Wildman–Crippen MR) is 136 cm³/mol. The van der Waals surface area contributed by atoms with Crippen molar-refractivity contribution in [3.05, 3.63) is 33.8 Å². The average Bonchev–Trinajstić information content (AvgIpc) is 3.22. The summed E-state index contributed by atoms with van der Waals surface area (Å²) in [6.45, 7) is 11.1. The van der Waals surface area contributed by atoms with E-state index in [0.29, 0.717) is 17.1 Å². The number of ketones is 1. The lowest BCUT2D eigenvalue weighted by Crippen LogP contribution is -2.38. The summed E-state index contributed by atoms with van der Waals surface area (Å²) in [5.41, 5.74) is 0.330. The van der Waals surface area contributed by atoms with Gasteiger partial charge < -0.3 is 19.7 Å². The molecule has 2 N–H and O–H groups in total. The van der Waals surface area contributed by atoms with Gasteiger partial charge in [0, 0.05) is 29.2 Å². The number of carbonyl (C=O) groups excluding carboxylic acids is 2. The number of nitrogens with zero attached hydrogens (tertiary/aromatic N) is 1. The van der Waals surface area contributed by atoms with Crippen LogP contribution in [0.3, 0.4) is 0 Å². The van der Waals surface area contributed by atoms with Gasteiger partial charge in [-0.05, 0) is 58.1 Å². The van der Waals surface area contributed by atoms with E-state index >= 15 is 0 Å². The molecular weight excluding hydrogens is 466 g/mol. The molecule has 35 heavy (non-hydrogen) atoms. The molecule has 0 bridgehead atoms. The lowest BCUT2D eigenvalue weighted by atomic mass is 9.76. The molecule has 3 heterocycles. The van der Waals surface area contributed by atoms with Crippen LogP contribution in [0.5, 0.6) is 0 Å². The van der Waals surface area contributed by atoms with Crippen molar-refractivity contribution in [2.45, 2.75) is 97.7 Å². The van der Waals surface area contributed by atoms with Crippen molar-refractivity contribution in [1.82, 2.24) is 4.98 Å². The van der Waals surface area contributed by atoms with Gasteiger partial charge in [0.25, 0.3) is 0 Å². The van der Waals surface area contributed by atoms with E-state index in [4.69, 9.17) is 9.47 Å². The molecule has 6 atom stereocenters. The molecule has 0 saturated carbocycles. The van der Waals surface area contributed by atoms with Gasteiger partial charge in [-0.3, -0.25) is 4.79 Å². The van der Waals surface area contributed by atoms with Gasteiger partial charge in [0.2, 0.25) is 0 Å². The number of ether oxygens (including phenoxy) is 2. The number of aliphatic hydroxyl groups excluding tert-OH is 2. The fourth-order valence-corrected chi connectivity index (χ4v) is 5.45. The zero-order valence-electron chi connectivity index (χ0n) is 21.6. The largest absolute Gasteiger partial charge is 0.455 e. The fraction of sp³-hybridized carbons (Fsp3) is 0.667. The summed E-state index contributed by atoms with van der Waals surface area (Å²) in [5.74, 6) is -1.21. The number of Topliss-reactive ketones (excluding diaryl/α,β-unsaturated/α-hetero) is 1. The van der Waals surface area contributed by atoms with Crippen molar-refractivity contribution in [1.29, 1.82) is 0 Å². The highest BCUT2D eigenvalue weighted by Gasteiger charge is 2.52. The number of aliphatic hydroxyl groups is 2. The van der Waals surface area contributed by atoms with Gasteiger partial charge in [-0.15, -0.1) is 11.3 Å². The molecule has 1 saturated heterocycles.